The van der Waals surface area contributed by atoms with E-state index in [4.69, 9.17) is 9.05 Å². The predicted octanol–water partition coefficient (Wildman–Crippen LogP) is 3.89. The fourth-order valence-electron chi connectivity index (χ4n) is 2.75. The first-order chi connectivity index (χ1) is 11.5. The highest BCUT2D eigenvalue weighted by molar-refractivity contribution is 7.83. The molecule has 0 N–H and O–H groups in total. The van der Waals surface area contributed by atoms with Gasteiger partial charge in [0.25, 0.3) is 0 Å². The Hall–Kier alpha value is -1.30. The van der Waals surface area contributed by atoms with Crippen molar-refractivity contribution in [1.82, 2.24) is 4.31 Å². The summed E-state index contributed by atoms with van der Waals surface area (Å²) in [6, 6.07) is 16.8. The Morgan fingerprint density at radius 3 is 2.12 bits per heavy atom. The van der Waals surface area contributed by atoms with Gasteiger partial charge in [0.1, 0.15) is 16.8 Å². The van der Waals surface area contributed by atoms with Crippen LogP contribution in [0.5, 0.6) is 0 Å². The van der Waals surface area contributed by atoms with E-state index in [1.54, 1.807) is 4.31 Å². The summed E-state index contributed by atoms with van der Waals surface area (Å²) in [5, 5.41) is 0. The van der Waals surface area contributed by atoms with Crippen molar-refractivity contribution >= 4 is 18.6 Å². The fourth-order valence-corrected chi connectivity index (χ4v) is 6.34. The summed E-state index contributed by atoms with van der Waals surface area (Å²) < 4.78 is 37.9. The van der Waals surface area contributed by atoms with Crippen LogP contribution in [0, 0.1) is 6.92 Å². The second-order valence-electron chi connectivity index (χ2n) is 5.60. The third kappa shape index (κ3) is 3.13. The van der Waals surface area contributed by atoms with Gasteiger partial charge in [0.15, 0.2) is 0 Å². The molecule has 2 unspecified atom stereocenters. The molecular weight excluding hydrogens is 345 g/mol. The average molecular weight is 365 g/mol. The standard InChI is InChI=1S/C17H20NO4PS/c1-13-9-11-15(12-10-13)24(20)18-16(14-7-5-4-6-8-14)17(18)23(19,21-2)22-3/h4-12,16-17H,1-3H3/t16-,17-,18?,24?/m1/s1. The van der Waals surface area contributed by atoms with E-state index in [0.29, 0.717) is 4.90 Å². The van der Waals surface area contributed by atoms with Crippen LogP contribution in [0.4, 0.5) is 0 Å². The topological polar surface area (TPSA) is 55.6 Å². The van der Waals surface area contributed by atoms with Crippen LogP contribution in [0.15, 0.2) is 59.5 Å². The Balaban J connectivity index is 1.96. The van der Waals surface area contributed by atoms with Gasteiger partial charge in [-0.25, -0.2) is 4.21 Å². The second-order valence-corrected chi connectivity index (χ2v) is 9.33. The van der Waals surface area contributed by atoms with Crippen molar-refractivity contribution in [2.45, 2.75) is 23.6 Å². The fraction of sp³-hybridized carbons (Fsp3) is 0.294. The highest BCUT2D eigenvalue weighted by atomic mass is 32.2. The Kier molecular flexibility index (Phi) is 5.04. The van der Waals surface area contributed by atoms with Crippen molar-refractivity contribution in [3.05, 3.63) is 65.7 Å². The minimum atomic E-state index is -3.37. The molecule has 24 heavy (non-hydrogen) atoms. The summed E-state index contributed by atoms with van der Waals surface area (Å²) in [5.41, 5.74) is 2.04. The van der Waals surface area contributed by atoms with Gasteiger partial charge >= 0.3 is 7.60 Å². The number of hydrogen-bond donors (Lipinski definition) is 0. The van der Waals surface area contributed by atoms with E-state index in [1.165, 1.54) is 14.2 Å². The Morgan fingerprint density at radius 1 is 1.00 bits per heavy atom. The van der Waals surface area contributed by atoms with Gasteiger partial charge in [-0.1, -0.05) is 48.0 Å². The quantitative estimate of drug-likeness (QED) is 0.576. The molecule has 1 fully saturated rings. The lowest BCUT2D eigenvalue weighted by molar-refractivity contribution is 0.271. The van der Waals surface area contributed by atoms with Gasteiger partial charge < -0.3 is 9.05 Å². The van der Waals surface area contributed by atoms with Gasteiger partial charge in [0.05, 0.1) is 10.9 Å². The van der Waals surface area contributed by atoms with Crippen LogP contribution in [0.25, 0.3) is 0 Å². The SMILES string of the molecule is COP(=O)(OC)[C@@H]1[C@@H](c2ccccc2)N1S(=O)c1ccc(C)cc1. The van der Waals surface area contributed by atoms with E-state index in [9.17, 15) is 8.77 Å². The van der Waals surface area contributed by atoms with Crippen LogP contribution < -0.4 is 0 Å². The van der Waals surface area contributed by atoms with Gasteiger partial charge in [-0.15, -0.1) is 0 Å². The molecule has 7 heteroatoms. The zero-order chi connectivity index (χ0) is 17.3. The number of benzene rings is 2. The summed E-state index contributed by atoms with van der Waals surface area (Å²) >= 11 is 0. The first kappa shape index (κ1) is 17.5. The number of hydrogen-bond acceptors (Lipinski definition) is 4. The number of aryl methyl sites for hydroxylation is 1. The summed E-state index contributed by atoms with van der Waals surface area (Å²) in [7, 11) is -2.09. The van der Waals surface area contributed by atoms with E-state index >= 15 is 0 Å². The Labute approximate surface area is 144 Å². The second kappa shape index (κ2) is 6.90. The van der Waals surface area contributed by atoms with Crippen molar-refractivity contribution in [3.8, 4) is 0 Å². The highest BCUT2D eigenvalue weighted by Crippen LogP contribution is 2.68. The first-order valence-electron chi connectivity index (χ1n) is 7.55. The zero-order valence-electron chi connectivity index (χ0n) is 13.8. The summed E-state index contributed by atoms with van der Waals surface area (Å²) in [4.78, 5) is 0.669. The molecule has 2 aromatic carbocycles. The van der Waals surface area contributed by atoms with Gasteiger partial charge in [-0.05, 0) is 24.6 Å². The summed E-state index contributed by atoms with van der Waals surface area (Å²) in [6.45, 7) is 1.98. The molecule has 1 aliphatic heterocycles. The zero-order valence-corrected chi connectivity index (χ0v) is 15.5. The van der Waals surface area contributed by atoms with E-state index in [2.05, 4.69) is 0 Å². The monoisotopic (exact) mass is 365 g/mol. The maximum atomic E-state index is 13.0. The van der Waals surface area contributed by atoms with E-state index in [0.717, 1.165) is 11.1 Å². The molecule has 0 bridgehead atoms. The van der Waals surface area contributed by atoms with Crippen molar-refractivity contribution < 1.29 is 17.8 Å². The van der Waals surface area contributed by atoms with Crippen LogP contribution in [-0.4, -0.2) is 28.5 Å². The highest BCUT2D eigenvalue weighted by Gasteiger charge is 2.63. The minimum absolute atomic E-state index is 0.265. The van der Waals surface area contributed by atoms with Crippen LogP contribution in [-0.2, 0) is 24.6 Å². The van der Waals surface area contributed by atoms with Crippen molar-refractivity contribution in [2.24, 2.45) is 0 Å². The molecule has 0 aromatic heterocycles. The molecule has 0 aliphatic carbocycles. The number of rotatable bonds is 6. The maximum absolute atomic E-state index is 13.0. The van der Waals surface area contributed by atoms with Crippen molar-refractivity contribution in [2.75, 3.05) is 14.2 Å². The molecule has 0 spiro atoms. The Bertz CT molecular complexity index is 773. The summed E-state index contributed by atoms with van der Waals surface area (Å²) in [5.74, 6) is -0.558. The lowest BCUT2D eigenvalue weighted by atomic mass is 10.2. The lowest BCUT2D eigenvalue weighted by Crippen LogP contribution is -2.09. The molecular formula is C17H20NO4PS. The molecule has 5 nitrogen and oxygen atoms in total. The van der Waals surface area contributed by atoms with Gasteiger partial charge in [0.2, 0.25) is 0 Å². The van der Waals surface area contributed by atoms with E-state index < -0.39 is 24.4 Å². The van der Waals surface area contributed by atoms with Crippen LogP contribution in [0.1, 0.15) is 17.2 Å². The van der Waals surface area contributed by atoms with Crippen LogP contribution in [0.2, 0.25) is 0 Å². The molecule has 1 heterocycles. The van der Waals surface area contributed by atoms with Crippen molar-refractivity contribution in [3.63, 3.8) is 0 Å². The third-order valence-electron chi connectivity index (χ3n) is 4.12. The van der Waals surface area contributed by atoms with Gasteiger partial charge in [-0.3, -0.25) is 4.57 Å². The number of nitrogens with zero attached hydrogens (tertiary/aromatic N) is 1. The molecule has 4 atom stereocenters. The summed E-state index contributed by atoms with van der Waals surface area (Å²) in [6.07, 6.45) is 0. The van der Waals surface area contributed by atoms with E-state index in [-0.39, 0.29) is 6.04 Å². The van der Waals surface area contributed by atoms with Crippen molar-refractivity contribution in [1.29, 1.82) is 0 Å². The molecule has 3 rings (SSSR count). The van der Waals surface area contributed by atoms with Crippen LogP contribution in [0.3, 0.4) is 0 Å². The third-order valence-corrected chi connectivity index (χ3v) is 7.98. The average Bonchev–Trinajstić information content (AvgIpc) is 3.38. The molecule has 0 saturated carbocycles. The smallest absolute Gasteiger partial charge is 0.311 e. The molecule has 2 aromatic rings. The molecule has 1 aliphatic rings. The molecule has 0 amide bonds. The maximum Gasteiger partial charge on any atom is 0.350 e. The van der Waals surface area contributed by atoms with E-state index in [1.807, 2.05) is 61.5 Å². The Morgan fingerprint density at radius 2 is 1.58 bits per heavy atom. The first-order valence-corrected chi connectivity index (χ1v) is 10.3. The lowest BCUT2D eigenvalue weighted by Gasteiger charge is -2.13. The normalized spacial score (nSPS) is 24.5. The van der Waals surface area contributed by atoms with Gasteiger partial charge in [-0.2, -0.15) is 4.31 Å². The minimum Gasteiger partial charge on any atom is -0.311 e. The molecule has 1 saturated heterocycles. The predicted molar refractivity (Wildman–Crippen MR) is 94.0 cm³/mol. The molecule has 0 radical (unpaired) electrons. The van der Waals surface area contributed by atoms with Crippen LogP contribution >= 0.6 is 7.60 Å². The molecule has 128 valence electrons. The van der Waals surface area contributed by atoms with Gasteiger partial charge in [0, 0.05) is 14.2 Å². The largest absolute Gasteiger partial charge is 0.350 e.